The summed E-state index contributed by atoms with van der Waals surface area (Å²) in [5.74, 6) is 1.28. The molecule has 7 heteroatoms. The minimum Gasteiger partial charge on any atom is -0.493 e. The highest BCUT2D eigenvalue weighted by molar-refractivity contribution is 7.89. The van der Waals surface area contributed by atoms with E-state index in [9.17, 15) is 13.2 Å². The number of piperidine rings is 1. The molecule has 1 aliphatic heterocycles. The highest BCUT2D eigenvalue weighted by atomic mass is 32.2. The summed E-state index contributed by atoms with van der Waals surface area (Å²) in [6, 6.07) is 14.7. The summed E-state index contributed by atoms with van der Waals surface area (Å²) in [4.78, 5) is 12.6. The molecule has 0 bridgehead atoms. The molecule has 2 aromatic carbocycles. The molecule has 1 N–H and O–H groups in total. The molecule has 1 amide bonds. The highest BCUT2D eigenvalue weighted by Crippen LogP contribution is 2.21. The molecule has 0 radical (unpaired) electrons. The van der Waals surface area contributed by atoms with Gasteiger partial charge in [-0.1, -0.05) is 44.5 Å². The summed E-state index contributed by atoms with van der Waals surface area (Å²) in [7, 11) is -3.42. The van der Waals surface area contributed by atoms with Gasteiger partial charge in [-0.15, -0.1) is 0 Å². The van der Waals surface area contributed by atoms with E-state index in [1.165, 1.54) is 0 Å². The number of nitrogens with zero attached hydrogens (tertiary/aromatic N) is 1. The summed E-state index contributed by atoms with van der Waals surface area (Å²) < 4.78 is 32.7. The van der Waals surface area contributed by atoms with E-state index < -0.39 is 10.0 Å². The van der Waals surface area contributed by atoms with Crippen molar-refractivity contribution in [2.45, 2.75) is 57.4 Å². The van der Waals surface area contributed by atoms with E-state index >= 15 is 0 Å². The first-order valence-corrected chi connectivity index (χ1v) is 12.9. The number of carbonyl (C=O) groups excluding carboxylic acids is 1. The molecule has 3 rings (SSSR count). The molecular weight excluding hydrogens is 424 g/mol. The standard InChI is InChI=1S/C25H34N2O4S/c1-20(2)19-31-23-11-6-22(7-12-23)18-26-25(28)15-10-21-8-13-24(14-9-21)32(29,30)27-16-4-3-5-17-27/h6-9,11-14,20H,3-5,10,15-19H2,1-2H3,(H,26,28). The number of amides is 1. The van der Waals surface area contributed by atoms with E-state index in [0.29, 0.717) is 49.9 Å². The molecule has 0 atom stereocenters. The lowest BCUT2D eigenvalue weighted by molar-refractivity contribution is -0.121. The van der Waals surface area contributed by atoms with Crippen LogP contribution < -0.4 is 10.1 Å². The van der Waals surface area contributed by atoms with Gasteiger partial charge in [0.05, 0.1) is 11.5 Å². The predicted octanol–water partition coefficient (Wildman–Crippen LogP) is 4.15. The second-order valence-corrected chi connectivity index (χ2v) is 10.7. The van der Waals surface area contributed by atoms with Crippen LogP contribution in [0.3, 0.4) is 0 Å². The number of rotatable bonds is 10. The molecule has 1 saturated heterocycles. The normalized spacial score (nSPS) is 15.0. The van der Waals surface area contributed by atoms with Crippen LogP contribution in [0.5, 0.6) is 5.75 Å². The van der Waals surface area contributed by atoms with Crippen LogP contribution in [-0.4, -0.2) is 38.3 Å². The average molecular weight is 459 g/mol. The van der Waals surface area contributed by atoms with E-state index in [4.69, 9.17) is 4.74 Å². The maximum absolute atomic E-state index is 12.7. The Hall–Kier alpha value is -2.38. The zero-order valence-electron chi connectivity index (χ0n) is 19.0. The third-order valence-corrected chi connectivity index (χ3v) is 7.43. The molecule has 174 valence electrons. The number of nitrogens with one attached hydrogen (secondary N) is 1. The molecule has 0 saturated carbocycles. The molecule has 2 aromatic rings. The lowest BCUT2D eigenvalue weighted by atomic mass is 10.1. The Morgan fingerprint density at radius 3 is 2.22 bits per heavy atom. The minimum absolute atomic E-state index is 0.0323. The average Bonchev–Trinajstić information content (AvgIpc) is 2.81. The van der Waals surface area contributed by atoms with Crippen molar-refractivity contribution >= 4 is 15.9 Å². The van der Waals surface area contributed by atoms with Gasteiger partial charge in [-0.2, -0.15) is 4.31 Å². The Morgan fingerprint density at radius 1 is 0.969 bits per heavy atom. The van der Waals surface area contributed by atoms with Crippen molar-refractivity contribution in [2.75, 3.05) is 19.7 Å². The molecule has 1 aliphatic rings. The van der Waals surface area contributed by atoms with Crippen molar-refractivity contribution < 1.29 is 17.9 Å². The van der Waals surface area contributed by atoms with Crippen molar-refractivity contribution in [3.63, 3.8) is 0 Å². The lowest BCUT2D eigenvalue weighted by Crippen LogP contribution is -2.35. The molecule has 6 nitrogen and oxygen atoms in total. The fourth-order valence-electron chi connectivity index (χ4n) is 3.60. The van der Waals surface area contributed by atoms with Gasteiger partial charge in [0.25, 0.3) is 0 Å². The third-order valence-electron chi connectivity index (χ3n) is 5.51. The number of hydrogen-bond acceptors (Lipinski definition) is 4. The SMILES string of the molecule is CC(C)COc1ccc(CNC(=O)CCc2ccc(S(=O)(=O)N3CCCCC3)cc2)cc1. The number of benzene rings is 2. The van der Waals surface area contributed by atoms with Crippen LogP contribution >= 0.6 is 0 Å². The van der Waals surface area contributed by atoms with Crippen molar-refractivity contribution in [3.8, 4) is 5.75 Å². The molecule has 0 aliphatic carbocycles. The van der Waals surface area contributed by atoms with Gasteiger partial charge in [0.1, 0.15) is 5.75 Å². The van der Waals surface area contributed by atoms with Crippen LogP contribution in [0, 0.1) is 5.92 Å². The monoisotopic (exact) mass is 458 g/mol. The zero-order chi connectivity index (χ0) is 23.0. The maximum atomic E-state index is 12.7. The van der Waals surface area contributed by atoms with E-state index in [-0.39, 0.29) is 5.91 Å². The largest absolute Gasteiger partial charge is 0.493 e. The molecule has 0 unspecified atom stereocenters. The van der Waals surface area contributed by atoms with E-state index in [1.54, 1.807) is 28.6 Å². The van der Waals surface area contributed by atoms with Gasteiger partial charge >= 0.3 is 0 Å². The minimum atomic E-state index is -3.42. The van der Waals surface area contributed by atoms with E-state index in [0.717, 1.165) is 36.1 Å². The summed E-state index contributed by atoms with van der Waals surface area (Å²) >= 11 is 0. The van der Waals surface area contributed by atoms with Crippen molar-refractivity contribution in [2.24, 2.45) is 5.92 Å². The maximum Gasteiger partial charge on any atom is 0.243 e. The van der Waals surface area contributed by atoms with Crippen LogP contribution in [0.4, 0.5) is 0 Å². The van der Waals surface area contributed by atoms with Crippen molar-refractivity contribution in [1.82, 2.24) is 9.62 Å². The Balaban J connectivity index is 1.43. The van der Waals surface area contributed by atoms with Gasteiger partial charge in [0.2, 0.25) is 15.9 Å². The van der Waals surface area contributed by atoms with Crippen LogP contribution in [0.2, 0.25) is 0 Å². The first kappa shape index (κ1) is 24.3. The fourth-order valence-corrected chi connectivity index (χ4v) is 5.11. The molecule has 32 heavy (non-hydrogen) atoms. The second-order valence-electron chi connectivity index (χ2n) is 8.73. The number of aryl methyl sites for hydroxylation is 1. The van der Waals surface area contributed by atoms with Gasteiger partial charge < -0.3 is 10.1 Å². The van der Waals surface area contributed by atoms with Crippen LogP contribution in [-0.2, 0) is 27.8 Å². The van der Waals surface area contributed by atoms with E-state index in [1.807, 2.05) is 24.3 Å². The molecular formula is C25H34N2O4S. The Labute approximate surface area is 192 Å². The summed E-state index contributed by atoms with van der Waals surface area (Å²) in [6.45, 7) is 6.55. The fraction of sp³-hybridized carbons (Fsp3) is 0.480. The predicted molar refractivity (Wildman–Crippen MR) is 126 cm³/mol. The first-order chi connectivity index (χ1) is 15.3. The number of carbonyl (C=O) groups is 1. The van der Waals surface area contributed by atoms with Gasteiger partial charge in [0, 0.05) is 26.1 Å². The lowest BCUT2D eigenvalue weighted by Gasteiger charge is -2.25. The van der Waals surface area contributed by atoms with Gasteiger partial charge in [0.15, 0.2) is 0 Å². The zero-order valence-corrected chi connectivity index (χ0v) is 19.9. The third kappa shape index (κ3) is 7.07. The first-order valence-electron chi connectivity index (χ1n) is 11.4. The number of hydrogen-bond donors (Lipinski definition) is 1. The van der Waals surface area contributed by atoms with Crippen molar-refractivity contribution in [1.29, 1.82) is 0 Å². The van der Waals surface area contributed by atoms with Gasteiger partial charge in [-0.25, -0.2) is 8.42 Å². The molecule has 0 spiro atoms. The Morgan fingerprint density at radius 2 is 1.59 bits per heavy atom. The van der Waals surface area contributed by atoms with E-state index in [2.05, 4.69) is 19.2 Å². The quantitative estimate of drug-likeness (QED) is 0.580. The number of ether oxygens (including phenoxy) is 1. The molecule has 1 fully saturated rings. The number of sulfonamides is 1. The smallest absolute Gasteiger partial charge is 0.243 e. The topological polar surface area (TPSA) is 75.7 Å². The Kier molecular flexibility index (Phi) is 8.70. The van der Waals surface area contributed by atoms with Crippen LogP contribution in [0.25, 0.3) is 0 Å². The van der Waals surface area contributed by atoms with Gasteiger partial charge in [-0.3, -0.25) is 4.79 Å². The second kappa shape index (κ2) is 11.5. The summed E-state index contributed by atoms with van der Waals surface area (Å²) in [5.41, 5.74) is 1.96. The van der Waals surface area contributed by atoms with Gasteiger partial charge in [-0.05, 0) is 60.6 Å². The highest BCUT2D eigenvalue weighted by Gasteiger charge is 2.25. The Bertz CT molecular complexity index is 964. The summed E-state index contributed by atoms with van der Waals surface area (Å²) in [6.07, 6.45) is 3.85. The molecule has 0 aromatic heterocycles. The molecule has 1 heterocycles. The van der Waals surface area contributed by atoms with Crippen LogP contribution in [0.15, 0.2) is 53.4 Å². The van der Waals surface area contributed by atoms with Crippen LogP contribution in [0.1, 0.15) is 50.7 Å². The summed E-state index contributed by atoms with van der Waals surface area (Å²) in [5, 5.41) is 2.94. The van der Waals surface area contributed by atoms with Crippen molar-refractivity contribution in [3.05, 3.63) is 59.7 Å².